The van der Waals surface area contributed by atoms with Gasteiger partial charge in [0.2, 0.25) is 0 Å². The average molecular weight is 483 g/mol. The Bertz CT molecular complexity index is 1490. The highest BCUT2D eigenvalue weighted by molar-refractivity contribution is 6.04. The minimum absolute atomic E-state index is 0.0739. The SMILES string of the molecule is O=C(Nc1cccc(C(F)(F)F)c1)c1ccc(-n2nc(-c3ccccc3)cc2-c2ccccc2)cc1. The molecule has 0 saturated carbocycles. The monoisotopic (exact) mass is 483 g/mol. The summed E-state index contributed by atoms with van der Waals surface area (Å²) in [6, 6.07) is 33.0. The fourth-order valence-corrected chi connectivity index (χ4v) is 3.87. The molecule has 5 rings (SSSR count). The van der Waals surface area contributed by atoms with Crippen LogP contribution in [0.4, 0.5) is 18.9 Å². The number of amides is 1. The topological polar surface area (TPSA) is 46.9 Å². The lowest BCUT2D eigenvalue weighted by atomic mass is 10.1. The van der Waals surface area contributed by atoms with Crippen LogP contribution < -0.4 is 5.32 Å². The number of alkyl halides is 3. The number of hydrogen-bond acceptors (Lipinski definition) is 2. The Kier molecular flexibility index (Phi) is 6.12. The van der Waals surface area contributed by atoms with Gasteiger partial charge in [0.1, 0.15) is 0 Å². The van der Waals surface area contributed by atoms with Crippen molar-refractivity contribution < 1.29 is 18.0 Å². The zero-order valence-corrected chi connectivity index (χ0v) is 18.9. The third-order valence-corrected chi connectivity index (χ3v) is 5.67. The Morgan fingerprint density at radius 1 is 0.722 bits per heavy atom. The molecule has 1 N–H and O–H groups in total. The van der Waals surface area contributed by atoms with Crippen molar-refractivity contribution in [1.29, 1.82) is 0 Å². The van der Waals surface area contributed by atoms with Gasteiger partial charge in [-0.25, -0.2) is 4.68 Å². The summed E-state index contributed by atoms with van der Waals surface area (Å²) in [5, 5.41) is 7.34. The molecule has 1 amide bonds. The van der Waals surface area contributed by atoms with Crippen LogP contribution in [0.1, 0.15) is 15.9 Å². The summed E-state index contributed by atoms with van der Waals surface area (Å²) < 4.78 is 40.7. The van der Waals surface area contributed by atoms with Crippen LogP contribution in [0.25, 0.3) is 28.2 Å². The van der Waals surface area contributed by atoms with Crippen molar-refractivity contribution in [1.82, 2.24) is 9.78 Å². The van der Waals surface area contributed by atoms with Crippen molar-refractivity contribution in [2.24, 2.45) is 0 Å². The van der Waals surface area contributed by atoms with Gasteiger partial charge in [-0.05, 0) is 48.5 Å². The smallest absolute Gasteiger partial charge is 0.322 e. The molecule has 178 valence electrons. The fraction of sp³-hybridized carbons (Fsp3) is 0.0345. The molecule has 0 aliphatic carbocycles. The normalized spacial score (nSPS) is 11.3. The maximum Gasteiger partial charge on any atom is 0.416 e. The number of rotatable bonds is 5. The number of aromatic nitrogens is 2. The Hall–Kier alpha value is -4.65. The molecule has 0 atom stereocenters. The van der Waals surface area contributed by atoms with E-state index in [9.17, 15) is 18.0 Å². The average Bonchev–Trinajstić information content (AvgIpc) is 3.35. The maximum absolute atomic E-state index is 13.0. The van der Waals surface area contributed by atoms with E-state index in [1.165, 1.54) is 12.1 Å². The van der Waals surface area contributed by atoms with Gasteiger partial charge in [0.05, 0.1) is 22.6 Å². The molecule has 0 spiro atoms. The summed E-state index contributed by atoms with van der Waals surface area (Å²) >= 11 is 0. The minimum atomic E-state index is -4.48. The molecule has 0 unspecified atom stereocenters. The van der Waals surface area contributed by atoms with Crippen molar-refractivity contribution in [3.8, 4) is 28.2 Å². The molecule has 0 fully saturated rings. The summed E-state index contributed by atoms with van der Waals surface area (Å²) in [5.41, 5.74) is 3.96. The van der Waals surface area contributed by atoms with Gasteiger partial charge < -0.3 is 5.32 Å². The molecule has 0 saturated heterocycles. The molecule has 4 aromatic carbocycles. The van der Waals surface area contributed by atoms with Gasteiger partial charge in [-0.15, -0.1) is 0 Å². The van der Waals surface area contributed by atoms with Crippen molar-refractivity contribution in [2.75, 3.05) is 5.32 Å². The second kappa shape index (κ2) is 9.54. The van der Waals surface area contributed by atoms with Crippen molar-refractivity contribution in [3.63, 3.8) is 0 Å². The molecule has 7 heteroatoms. The lowest BCUT2D eigenvalue weighted by Crippen LogP contribution is -2.13. The quantitative estimate of drug-likeness (QED) is 0.282. The molecule has 1 aromatic heterocycles. The van der Waals surface area contributed by atoms with Gasteiger partial charge >= 0.3 is 6.18 Å². The second-order valence-corrected chi connectivity index (χ2v) is 8.14. The highest BCUT2D eigenvalue weighted by Gasteiger charge is 2.30. The number of carbonyl (C=O) groups excluding carboxylic acids is 1. The summed E-state index contributed by atoms with van der Waals surface area (Å²) in [6.07, 6.45) is -4.48. The number of nitrogens with zero attached hydrogens (tertiary/aromatic N) is 2. The zero-order valence-electron chi connectivity index (χ0n) is 18.9. The van der Waals surface area contributed by atoms with Gasteiger partial charge in [0.15, 0.2) is 0 Å². The molecule has 5 aromatic rings. The predicted octanol–water partition coefficient (Wildman–Crippen LogP) is 7.48. The van der Waals surface area contributed by atoms with Crippen LogP contribution >= 0.6 is 0 Å². The summed E-state index contributed by atoms with van der Waals surface area (Å²) in [5.74, 6) is -0.505. The highest BCUT2D eigenvalue weighted by atomic mass is 19.4. The van der Waals surface area contributed by atoms with Crippen molar-refractivity contribution in [3.05, 3.63) is 126 Å². The first-order valence-corrected chi connectivity index (χ1v) is 11.2. The summed E-state index contributed by atoms with van der Waals surface area (Å²) in [6.45, 7) is 0. The molecule has 0 radical (unpaired) electrons. The predicted molar refractivity (Wildman–Crippen MR) is 134 cm³/mol. The molecule has 4 nitrogen and oxygen atoms in total. The van der Waals surface area contributed by atoms with Gasteiger partial charge in [-0.2, -0.15) is 18.3 Å². The molecular weight excluding hydrogens is 463 g/mol. The Labute approximate surface area is 205 Å². The maximum atomic E-state index is 13.0. The van der Waals surface area contributed by atoms with Gasteiger partial charge in [-0.1, -0.05) is 66.7 Å². The third kappa shape index (κ3) is 4.90. The number of halogens is 3. The third-order valence-electron chi connectivity index (χ3n) is 5.67. The molecule has 0 aliphatic heterocycles. The van der Waals surface area contributed by atoms with Crippen LogP contribution in [-0.4, -0.2) is 15.7 Å². The van der Waals surface area contributed by atoms with E-state index >= 15 is 0 Å². The van der Waals surface area contributed by atoms with Crippen LogP contribution in [0.15, 0.2) is 115 Å². The molecular formula is C29H20F3N3O. The van der Waals surface area contributed by atoms with Crippen molar-refractivity contribution in [2.45, 2.75) is 6.18 Å². The zero-order chi connectivity index (χ0) is 25.1. The van der Waals surface area contributed by atoms with E-state index < -0.39 is 17.6 Å². The van der Waals surface area contributed by atoms with Gasteiger partial charge in [0.25, 0.3) is 5.91 Å². The molecule has 36 heavy (non-hydrogen) atoms. The van der Waals surface area contributed by atoms with E-state index in [2.05, 4.69) is 5.32 Å². The first kappa shape index (κ1) is 23.1. The van der Waals surface area contributed by atoms with Crippen LogP contribution in [0.3, 0.4) is 0 Å². The Morgan fingerprint density at radius 2 is 1.36 bits per heavy atom. The van der Waals surface area contributed by atoms with E-state index in [1.807, 2.05) is 71.4 Å². The van der Waals surface area contributed by atoms with E-state index in [0.29, 0.717) is 5.56 Å². The van der Waals surface area contributed by atoms with Gasteiger partial charge in [-0.3, -0.25) is 4.79 Å². The van der Waals surface area contributed by atoms with E-state index in [-0.39, 0.29) is 5.69 Å². The number of carbonyl (C=O) groups is 1. The summed E-state index contributed by atoms with van der Waals surface area (Å²) in [7, 11) is 0. The molecule has 0 bridgehead atoms. The molecule has 1 heterocycles. The number of benzene rings is 4. The fourth-order valence-electron chi connectivity index (χ4n) is 3.87. The van der Waals surface area contributed by atoms with Crippen LogP contribution in [0.5, 0.6) is 0 Å². The number of hydrogen-bond donors (Lipinski definition) is 1. The van der Waals surface area contributed by atoms with E-state index in [4.69, 9.17) is 5.10 Å². The molecule has 0 aliphatic rings. The lowest BCUT2D eigenvalue weighted by Gasteiger charge is -2.11. The number of nitrogens with one attached hydrogen (secondary N) is 1. The van der Waals surface area contributed by atoms with Crippen LogP contribution in [0.2, 0.25) is 0 Å². The largest absolute Gasteiger partial charge is 0.416 e. The second-order valence-electron chi connectivity index (χ2n) is 8.14. The van der Waals surface area contributed by atoms with Crippen LogP contribution in [0, 0.1) is 0 Å². The van der Waals surface area contributed by atoms with Gasteiger partial charge in [0, 0.05) is 22.4 Å². The first-order valence-electron chi connectivity index (χ1n) is 11.2. The van der Waals surface area contributed by atoms with Crippen molar-refractivity contribution >= 4 is 11.6 Å². The first-order chi connectivity index (χ1) is 17.4. The van der Waals surface area contributed by atoms with E-state index in [1.54, 1.807) is 24.3 Å². The number of anilines is 1. The lowest BCUT2D eigenvalue weighted by molar-refractivity contribution is -0.137. The summed E-state index contributed by atoms with van der Waals surface area (Å²) in [4.78, 5) is 12.7. The minimum Gasteiger partial charge on any atom is -0.322 e. The Morgan fingerprint density at radius 3 is 2.00 bits per heavy atom. The Balaban J connectivity index is 1.44. The van der Waals surface area contributed by atoms with E-state index in [0.717, 1.165) is 40.3 Å². The highest BCUT2D eigenvalue weighted by Crippen LogP contribution is 2.31. The van der Waals surface area contributed by atoms with Crippen LogP contribution in [-0.2, 0) is 6.18 Å². The standard InChI is InChI=1S/C29H20F3N3O/c30-29(31,32)23-12-7-13-24(18-23)33-28(36)22-14-16-25(17-15-22)35-27(21-10-5-2-6-11-21)19-26(34-35)20-8-3-1-4-9-20/h1-19H,(H,33,36).